The van der Waals surface area contributed by atoms with Crippen molar-refractivity contribution in [3.63, 3.8) is 0 Å². The first kappa shape index (κ1) is 22.4. The summed E-state index contributed by atoms with van der Waals surface area (Å²) in [6.45, 7) is 5.44. The zero-order valence-electron chi connectivity index (χ0n) is 18.0. The maximum absolute atomic E-state index is 12.9. The predicted molar refractivity (Wildman–Crippen MR) is 124 cm³/mol. The van der Waals surface area contributed by atoms with Crippen LogP contribution in [0.15, 0.2) is 72.8 Å². The Balaban J connectivity index is 1.81. The summed E-state index contributed by atoms with van der Waals surface area (Å²) in [7, 11) is -3.71. The molecule has 0 aliphatic rings. The molecule has 1 atom stereocenters. The minimum Gasteiger partial charge on any atom is -0.457 e. The average molecular weight is 439 g/mol. The fourth-order valence-electron chi connectivity index (χ4n) is 3.39. The van der Waals surface area contributed by atoms with Crippen molar-refractivity contribution in [2.24, 2.45) is 0 Å². The molecule has 0 saturated carbocycles. The van der Waals surface area contributed by atoms with Crippen molar-refractivity contribution in [2.75, 3.05) is 15.9 Å². The second-order valence-corrected chi connectivity index (χ2v) is 9.37. The normalized spacial score (nSPS) is 12.1. The monoisotopic (exact) mass is 438 g/mol. The highest BCUT2D eigenvalue weighted by Crippen LogP contribution is 2.27. The van der Waals surface area contributed by atoms with Crippen LogP contribution in [-0.4, -0.2) is 26.6 Å². The zero-order chi connectivity index (χ0) is 22.6. The van der Waals surface area contributed by atoms with Gasteiger partial charge >= 0.3 is 0 Å². The van der Waals surface area contributed by atoms with Gasteiger partial charge in [-0.15, -0.1) is 0 Å². The summed E-state index contributed by atoms with van der Waals surface area (Å²) >= 11 is 0. The summed E-state index contributed by atoms with van der Waals surface area (Å²) in [5.41, 5.74) is 3.04. The lowest BCUT2D eigenvalue weighted by Gasteiger charge is -2.28. The Morgan fingerprint density at radius 2 is 1.45 bits per heavy atom. The molecule has 1 N–H and O–H groups in total. The first-order valence-electron chi connectivity index (χ1n) is 9.85. The number of carbonyl (C=O) groups is 1. The number of ether oxygens (including phenoxy) is 1. The van der Waals surface area contributed by atoms with E-state index in [2.05, 4.69) is 5.32 Å². The molecule has 0 spiro atoms. The van der Waals surface area contributed by atoms with Gasteiger partial charge in [0.25, 0.3) is 0 Å². The Morgan fingerprint density at radius 3 is 2.00 bits per heavy atom. The largest absolute Gasteiger partial charge is 0.457 e. The summed E-state index contributed by atoms with van der Waals surface area (Å²) in [5, 5.41) is 2.82. The number of nitrogens with zero attached hydrogens (tertiary/aromatic N) is 1. The maximum atomic E-state index is 12.9. The first-order valence-corrected chi connectivity index (χ1v) is 11.7. The van der Waals surface area contributed by atoms with E-state index < -0.39 is 22.0 Å². The quantitative estimate of drug-likeness (QED) is 0.570. The van der Waals surface area contributed by atoms with Gasteiger partial charge in [0.2, 0.25) is 15.9 Å². The maximum Gasteiger partial charge on any atom is 0.247 e. The summed E-state index contributed by atoms with van der Waals surface area (Å²) < 4.78 is 31.9. The highest BCUT2D eigenvalue weighted by molar-refractivity contribution is 7.92. The molecule has 0 heterocycles. The molecular weight excluding hydrogens is 412 g/mol. The van der Waals surface area contributed by atoms with E-state index in [1.807, 2.05) is 62.4 Å². The number of anilines is 2. The van der Waals surface area contributed by atoms with Gasteiger partial charge < -0.3 is 10.1 Å². The molecule has 0 radical (unpaired) electrons. The number of hydrogen-bond acceptors (Lipinski definition) is 4. The molecule has 162 valence electrons. The van der Waals surface area contributed by atoms with Gasteiger partial charge in [-0.1, -0.05) is 24.3 Å². The lowest BCUT2D eigenvalue weighted by molar-refractivity contribution is -0.116. The molecule has 31 heavy (non-hydrogen) atoms. The number of carbonyl (C=O) groups excluding carboxylic acids is 1. The van der Waals surface area contributed by atoms with Crippen LogP contribution in [0.4, 0.5) is 11.4 Å². The van der Waals surface area contributed by atoms with Crippen molar-refractivity contribution < 1.29 is 17.9 Å². The minimum absolute atomic E-state index is 0.381. The summed E-state index contributed by atoms with van der Waals surface area (Å²) in [6.07, 6.45) is 1.09. The molecular formula is C24H26N2O4S. The van der Waals surface area contributed by atoms with E-state index in [9.17, 15) is 13.2 Å². The fourth-order valence-corrected chi connectivity index (χ4v) is 4.56. The lowest BCUT2D eigenvalue weighted by atomic mass is 10.1. The molecule has 0 aromatic heterocycles. The number of rotatable bonds is 7. The molecule has 3 rings (SSSR count). The number of para-hydroxylation sites is 1. The summed E-state index contributed by atoms with van der Waals surface area (Å²) in [5.74, 6) is 0.826. The van der Waals surface area contributed by atoms with Crippen LogP contribution >= 0.6 is 0 Å². The first-order chi connectivity index (χ1) is 14.6. The van der Waals surface area contributed by atoms with Crippen molar-refractivity contribution in [3.05, 3.63) is 83.9 Å². The molecule has 0 aliphatic carbocycles. The van der Waals surface area contributed by atoms with Gasteiger partial charge in [-0.25, -0.2) is 8.42 Å². The molecule has 3 aromatic rings. The van der Waals surface area contributed by atoms with Crippen LogP contribution in [0, 0.1) is 13.8 Å². The molecule has 0 fully saturated rings. The zero-order valence-corrected chi connectivity index (χ0v) is 18.8. The fraction of sp³-hybridized carbons (Fsp3) is 0.208. The van der Waals surface area contributed by atoms with Gasteiger partial charge in [-0.05, 0) is 80.4 Å². The Labute approximate surface area is 183 Å². The van der Waals surface area contributed by atoms with Crippen molar-refractivity contribution in [1.29, 1.82) is 0 Å². The molecule has 6 nitrogen and oxygen atoms in total. The van der Waals surface area contributed by atoms with Crippen LogP contribution in [0.5, 0.6) is 11.5 Å². The second-order valence-electron chi connectivity index (χ2n) is 7.51. The highest BCUT2D eigenvalue weighted by atomic mass is 32.2. The third-order valence-corrected chi connectivity index (χ3v) is 5.89. The van der Waals surface area contributed by atoms with Crippen LogP contribution in [0.1, 0.15) is 18.1 Å². The van der Waals surface area contributed by atoms with E-state index in [1.165, 1.54) is 0 Å². The van der Waals surface area contributed by atoms with E-state index in [0.29, 0.717) is 22.9 Å². The highest BCUT2D eigenvalue weighted by Gasteiger charge is 2.29. The van der Waals surface area contributed by atoms with Gasteiger partial charge in [0.05, 0.1) is 11.9 Å². The predicted octanol–water partition coefficient (Wildman–Crippen LogP) is 4.89. The number of nitrogens with one attached hydrogen (secondary N) is 1. The topological polar surface area (TPSA) is 75.7 Å². The van der Waals surface area contributed by atoms with Gasteiger partial charge in [-0.2, -0.15) is 0 Å². The molecule has 0 aliphatic heterocycles. The van der Waals surface area contributed by atoms with E-state index in [-0.39, 0.29) is 0 Å². The van der Waals surface area contributed by atoms with E-state index in [0.717, 1.165) is 21.7 Å². The SMILES string of the molecule is Cc1cc(C)cc(NC(=O)[C@H](C)N(c2ccc(Oc3ccccc3)cc2)S(C)(=O)=O)c1. The van der Waals surface area contributed by atoms with Crippen LogP contribution in [0.25, 0.3) is 0 Å². The molecule has 3 aromatic carbocycles. The van der Waals surface area contributed by atoms with E-state index in [4.69, 9.17) is 4.74 Å². The number of benzene rings is 3. The van der Waals surface area contributed by atoms with Crippen LogP contribution < -0.4 is 14.4 Å². The van der Waals surface area contributed by atoms with Crippen molar-refractivity contribution in [1.82, 2.24) is 0 Å². The lowest BCUT2D eigenvalue weighted by Crippen LogP contribution is -2.45. The van der Waals surface area contributed by atoms with Gasteiger partial charge in [-0.3, -0.25) is 9.10 Å². The smallest absolute Gasteiger partial charge is 0.247 e. The molecule has 0 bridgehead atoms. The minimum atomic E-state index is -3.71. The van der Waals surface area contributed by atoms with Crippen molar-refractivity contribution in [2.45, 2.75) is 26.8 Å². The number of aryl methyl sites for hydroxylation is 2. The second kappa shape index (κ2) is 9.22. The number of hydrogen-bond donors (Lipinski definition) is 1. The number of amides is 1. The van der Waals surface area contributed by atoms with Crippen LogP contribution in [0.2, 0.25) is 0 Å². The third kappa shape index (κ3) is 5.86. The Bertz CT molecular complexity index is 1140. The molecule has 0 unspecified atom stereocenters. The standard InChI is InChI=1S/C24H26N2O4S/c1-17-14-18(2)16-20(15-17)25-24(27)19(3)26(31(4,28)29)21-10-12-23(13-11-21)30-22-8-6-5-7-9-22/h5-16,19H,1-4H3,(H,25,27)/t19-/m0/s1. The molecule has 1 amide bonds. The summed E-state index contributed by atoms with van der Waals surface area (Å²) in [4.78, 5) is 12.9. The number of sulfonamides is 1. The molecule has 0 saturated heterocycles. The summed E-state index contributed by atoms with van der Waals surface area (Å²) in [6, 6.07) is 20.6. The average Bonchev–Trinajstić information content (AvgIpc) is 2.68. The van der Waals surface area contributed by atoms with Gasteiger partial charge in [0.1, 0.15) is 17.5 Å². The Morgan fingerprint density at radius 1 is 0.903 bits per heavy atom. The molecule has 7 heteroatoms. The Kier molecular flexibility index (Phi) is 6.65. The van der Waals surface area contributed by atoms with Crippen LogP contribution in [0.3, 0.4) is 0 Å². The van der Waals surface area contributed by atoms with E-state index in [1.54, 1.807) is 31.2 Å². The van der Waals surface area contributed by atoms with Gasteiger partial charge in [0.15, 0.2) is 0 Å². The van der Waals surface area contributed by atoms with Gasteiger partial charge in [0, 0.05) is 5.69 Å². The van der Waals surface area contributed by atoms with E-state index >= 15 is 0 Å². The van der Waals surface area contributed by atoms with Crippen molar-refractivity contribution >= 4 is 27.3 Å². The van der Waals surface area contributed by atoms with Crippen LogP contribution in [-0.2, 0) is 14.8 Å². The van der Waals surface area contributed by atoms with Crippen molar-refractivity contribution in [3.8, 4) is 11.5 Å². The Hall–Kier alpha value is -3.32. The third-order valence-electron chi connectivity index (χ3n) is 4.65.